The minimum Gasteiger partial charge on any atom is -0.481 e. The van der Waals surface area contributed by atoms with Gasteiger partial charge in [-0.1, -0.05) is 6.92 Å². The topological polar surface area (TPSA) is 83.8 Å². The maximum absolute atomic E-state index is 10.9. The zero-order valence-corrected chi connectivity index (χ0v) is 7.71. The fourth-order valence-corrected chi connectivity index (χ4v) is 2.60. The lowest BCUT2D eigenvalue weighted by Crippen LogP contribution is -2.41. The van der Waals surface area contributed by atoms with E-state index in [-0.39, 0.29) is 5.92 Å². The summed E-state index contributed by atoms with van der Waals surface area (Å²) in [4.78, 5) is 21.8. The van der Waals surface area contributed by atoms with Crippen LogP contribution in [0.1, 0.15) is 13.3 Å². The average molecular weight is 200 g/mol. The highest BCUT2D eigenvalue weighted by Crippen LogP contribution is 2.46. The minimum absolute atomic E-state index is 0.150. The SMILES string of the molecule is CC1CC2OC1C(C(=O)O)C2C(=O)O. The van der Waals surface area contributed by atoms with Gasteiger partial charge in [-0.25, -0.2) is 0 Å². The lowest BCUT2D eigenvalue weighted by atomic mass is 9.75. The van der Waals surface area contributed by atoms with Crippen LogP contribution in [0.15, 0.2) is 0 Å². The number of carboxylic acids is 2. The van der Waals surface area contributed by atoms with E-state index in [4.69, 9.17) is 14.9 Å². The molecule has 2 fully saturated rings. The molecule has 0 saturated carbocycles. The van der Waals surface area contributed by atoms with Crippen LogP contribution in [0, 0.1) is 17.8 Å². The van der Waals surface area contributed by atoms with E-state index in [9.17, 15) is 9.59 Å². The molecule has 2 saturated heterocycles. The van der Waals surface area contributed by atoms with Crippen LogP contribution < -0.4 is 0 Å². The Morgan fingerprint density at radius 2 is 1.79 bits per heavy atom. The van der Waals surface area contributed by atoms with Gasteiger partial charge in [0.2, 0.25) is 0 Å². The van der Waals surface area contributed by atoms with Crippen molar-refractivity contribution in [2.45, 2.75) is 25.6 Å². The van der Waals surface area contributed by atoms with E-state index in [2.05, 4.69) is 0 Å². The van der Waals surface area contributed by atoms with Crippen molar-refractivity contribution in [1.82, 2.24) is 0 Å². The molecular formula is C9H12O5. The molecule has 0 spiro atoms. The van der Waals surface area contributed by atoms with E-state index in [1.807, 2.05) is 6.92 Å². The Morgan fingerprint density at radius 3 is 2.29 bits per heavy atom. The van der Waals surface area contributed by atoms with E-state index in [1.165, 1.54) is 0 Å². The number of fused-ring (bicyclic) bond motifs is 2. The summed E-state index contributed by atoms with van der Waals surface area (Å²) in [7, 11) is 0. The van der Waals surface area contributed by atoms with Crippen LogP contribution in [0.4, 0.5) is 0 Å². The molecule has 0 aromatic carbocycles. The third-order valence-electron chi connectivity index (χ3n) is 3.21. The van der Waals surface area contributed by atoms with Crippen LogP contribution in [0.25, 0.3) is 0 Å². The summed E-state index contributed by atoms with van der Waals surface area (Å²) in [6, 6.07) is 0. The zero-order chi connectivity index (χ0) is 10.5. The highest BCUT2D eigenvalue weighted by atomic mass is 16.5. The third-order valence-corrected chi connectivity index (χ3v) is 3.21. The molecule has 0 amide bonds. The highest BCUT2D eigenvalue weighted by Gasteiger charge is 2.58. The van der Waals surface area contributed by atoms with Crippen molar-refractivity contribution >= 4 is 11.9 Å². The summed E-state index contributed by atoms with van der Waals surface area (Å²) < 4.78 is 5.37. The highest BCUT2D eigenvalue weighted by molar-refractivity contribution is 5.82. The molecule has 2 rings (SSSR count). The standard InChI is InChI=1S/C9H12O5/c1-3-2-4-5(8(10)11)6(9(12)13)7(3)14-4/h3-7H,2H2,1H3,(H,10,11)(H,12,13). The van der Waals surface area contributed by atoms with Gasteiger partial charge < -0.3 is 14.9 Å². The van der Waals surface area contributed by atoms with Crippen molar-refractivity contribution in [2.75, 3.05) is 0 Å². The van der Waals surface area contributed by atoms with Crippen LogP contribution in [-0.2, 0) is 14.3 Å². The first kappa shape index (κ1) is 9.45. The monoisotopic (exact) mass is 200 g/mol. The molecule has 14 heavy (non-hydrogen) atoms. The molecule has 5 atom stereocenters. The molecule has 2 aliphatic heterocycles. The first-order valence-electron chi connectivity index (χ1n) is 4.63. The fraction of sp³-hybridized carbons (Fsp3) is 0.778. The van der Waals surface area contributed by atoms with E-state index in [0.717, 1.165) is 0 Å². The van der Waals surface area contributed by atoms with E-state index in [1.54, 1.807) is 0 Å². The normalized spacial score (nSPS) is 45.4. The molecule has 2 heterocycles. The maximum atomic E-state index is 10.9. The van der Waals surface area contributed by atoms with Gasteiger partial charge in [-0.15, -0.1) is 0 Å². The summed E-state index contributed by atoms with van der Waals surface area (Å²) in [6.07, 6.45) is -0.169. The van der Waals surface area contributed by atoms with Crippen LogP contribution >= 0.6 is 0 Å². The number of carbonyl (C=O) groups is 2. The van der Waals surface area contributed by atoms with Crippen molar-refractivity contribution in [3.05, 3.63) is 0 Å². The molecule has 5 heteroatoms. The summed E-state index contributed by atoms with van der Waals surface area (Å²) in [6.45, 7) is 1.90. The van der Waals surface area contributed by atoms with Gasteiger partial charge in [0.15, 0.2) is 0 Å². The summed E-state index contributed by atoms with van der Waals surface area (Å²) in [5.41, 5.74) is 0. The van der Waals surface area contributed by atoms with E-state index in [0.29, 0.717) is 6.42 Å². The molecule has 78 valence electrons. The number of hydrogen-bond donors (Lipinski definition) is 2. The Hall–Kier alpha value is -1.10. The molecule has 2 N–H and O–H groups in total. The fourth-order valence-electron chi connectivity index (χ4n) is 2.60. The predicted octanol–water partition coefficient (Wildman–Crippen LogP) is 0.195. The Morgan fingerprint density at radius 1 is 1.21 bits per heavy atom. The van der Waals surface area contributed by atoms with Crippen molar-refractivity contribution in [1.29, 1.82) is 0 Å². The second-order valence-electron chi connectivity index (χ2n) is 4.08. The lowest BCUT2D eigenvalue weighted by molar-refractivity contribution is -0.154. The number of carboxylic acid groups (broad SMARTS) is 2. The van der Waals surface area contributed by atoms with Crippen LogP contribution in [0.3, 0.4) is 0 Å². The van der Waals surface area contributed by atoms with Gasteiger partial charge in [0.1, 0.15) is 0 Å². The Kier molecular flexibility index (Phi) is 1.99. The molecule has 2 aliphatic rings. The second kappa shape index (κ2) is 2.95. The van der Waals surface area contributed by atoms with Gasteiger partial charge in [0.05, 0.1) is 24.0 Å². The van der Waals surface area contributed by atoms with Crippen molar-refractivity contribution in [2.24, 2.45) is 17.8 Å². The van der Waals surface area contributed by atoms with Gasteiger partial charge >= 0.3 is 11.9 Å². The molecule has 0 radical (unpaired) electrons. The van der Waals surface area contributed by atoms with Gasteiger partial charge in [0, 0.05) is 0 Å². The van der Waals surface area contributed by atoms with Gasteiger partial charge in [-0.3, -0.25) is 9.59 Å². The molecule has 5 nitrogen and oxygen atoms in total. The summed E-state index contributed by atoms with van der Waals surface area (Å²) in [5, 5.41) is 17.8. The molecule has 0 aromatic rings. The Labute approximate surface area is 80.7 Å². The number of aliphatic carboxylic acids is 2. The molecular weight excluding hydrogens is 188 g/mol. The predicted molar refractivity (Wildman–Crippen MR) is 44.7 cm³/mol. The van der Waals surface area contributed by atoms with E-state index < -0.39 is 36.0 Å². The lowest BCUT2D eigenvalue weighted by Gasteiger charge is -2.25. The third kappa shape index (κ3) is 1.12. The van der Waals surface area contributed by atoms with Gasteiger partial charge in [-0.05, 0) is 12.3 Å². The first-order chi connectivity index (χ1) is 6.52. The second-order valence-corrected chi connectivity index (χ2v) is 4.08. The average Bonchev–Trinajstić information content (AvgIpc) is 2.58. The number of hydrogen-bond acceptors (Lipinski definition) is 3. The molecule has 5 unspecified atom stereocenters. The minimum atomic E-state index is -1.06. The van der Waals surface area contributed by atoms with Crippen molar-refractivity contribution in [3.63, 3.8) is 0 Å². The largest absolute Gasteiger partial charge is 0.481 e. The molecule has 2 bridgehead atoms. The van der Waals surface area contributed by atoms with Crippen LogP contribution in [0.5, 0.6) is 0 Å². The number of ether oxygens (including phenoxy) is 1. The first-order valence-corrected chi connectivity index (χ1v) is 4.63. The summed E-state index contributed by atoms with van der Waals surface area (Å²) in [5.74, 6) is -3.71. The van der Waals surface area contributed by atoms with Crippen molar-refractivity contribution < 1.29 is 24.5 Å². The van der Waals surface area contributed by atoms with Crippen molar-refractivity contribution in [3.8, 4) is 0 Å². The maximum Gasteiger partial charge on any atom is 0.310 e. The number of rotatable bonds is 2. The van der Waals surface area contributed by atoms with Crippen LogP contribution in [0.2, 0.25) is 0 Å². The van der Waals surface area contributed by atoms with Gasteiger partial charge in [0.25, 0.3) is 0 Å². The molecule has 0 aromatic heterocycles. The quantitative estimate of drug-likeness (QED) is 0.665. The van der Waals surface area contributed by atoms with Gasteiger partial charge in [-0.2, -0.15) is 0 Å². The van der Waals surface area contributed by atoms with E-state index >= 15 is 0 Å². The van der Waals surface area contributed by atoms with Crippen LogP contribution in [-0.4, -0.2) is 34.4 Å². The smallest absolute Gasteiger partial charge is 0.310 e. The summed E-state index contributed by atoms with van der Waals surface area (Å²) >= 11 is 0. The zero-order valence-electron chi connectivity index (χ0n) is 7.71. The molecule has 0 aliphatic carbocycles. The Balaban J connectivity index is 2.27. The Bertz CT molecular complexity index is 287.